The molecule has 0 amide bonds. The van der Waals surface area contributed by atoms with Crippen LogP contribution in [0.3, 0.4) is 0 Å². The van der Waals surface area contributed by atoms with Crippen molar-refractivity contribution >= 4 is 22.4 Å². The number of hydrogen-bond acceptors (Lipinski definition) is 5. The zero-order valence-electron chi connectivity index (χ0n) is 12.2. The largest absolute Gasteiger partial charge is 0.476 e. The summed E-state index contributed by atoms with van der Waals surface area (Å²) < 4.78 is 0. The summed E-state index contributed by atoms with van der Waals surface area (Å²) in [4.78, 5) is 18.0. The van der Waals surface area contributed by atoms with E-state index in [0.717, 1.165) is 17.8 Å². The fraction of sp³-hybridized carbons (Fsp3) is 0.692. The average molecular weight is 285 g/mol. The molecule has 0 aliphatic carbocycles. The second-order valence-corrected chi connectivity index (χ2v) is 6.67. The van der Waals surface area contributed by atoms with Crippen molar-refractivity contribution in [3.05, 3.63) is 10.6 Å². The van der Waals surface area contributed by atoms with Gasteiger partial charge in [0.25, 0.3) is 0 Å². The summed E-state index contributed by atoms with van der Waals surface area (Å²) in [6.07, 6.45) is 1.03. The van der Waals surface area contributed by atoms with E-state index >= 15 is 0 Å². The van der Waals surface area contributed by atoms with Gasteiger partial charge >= 0.3 is 5.97 Å². The predicted molar refractivity (Wildman–Crippen MR) is 79.2 cm³/mol. The first-order valence-corrected chi connectivity index (χ1v) is 7.23. The number of carboxylic acids is 1. The third kappa shape index (κ3) is 5.16. The number of carboxylic acid groups (broad SMARTS) is 1. The van der Waals surface area contributed by atoms with Crippen LogP contribution < -0.4 is 5.32 Å². The third-order valence-corrected chi connectivity index (χ3v) is 3.57. The number of aromatic nitrogens is 1. The Morgan fingerprint density at radius 3 is 2.53 bits per heavy atom. The van der Waals surface area contributed by atoms with E-state index in [-0.39, 0.29) is 11.7 Å². The molecule has 5 nitrogen and oxygen atoms in total. The first kappa shape index (κ1) is 15.9. The molecule has 0 fully saturated rings. The molecule has 19 heavy (non-hydrogen) atoms. The van der Waals surface area contributed by atoms with Crippen LogP contribution >= 0.6 is 11.3 Å². The Bertz CT molecular complexity index is 420. The maximum Gasteiger partial charge on any atom is 0.355 e. The Morgan fingerprint density at radius 2 is 2.11 bits per heavy atom. The Hall–Kier alpha value is -1.14. The van der Waals surface area contributed by atoms with Crippen molar-refractivity contribution in [1.29, 1.82) is 0 Å². The molecule has 1 heterocycles. The maximum absolute atomic E-state index is 11.0. The number of nitrogens with one attached hydrogen (secondary N) is 1. The van der Waals surface area contributed by atoms with Gasteiger partial charge in [-0.15, -0.1) is 11.3 Å². The molecule has 0 aromatic carbocycles. The zero-order chi connectivity index (χ0) is 14.6. The van der Waals surface area contributed by atoms with Crippen LogP contribution in [-0.4, -0.2) is 47.6 Å². The van der Waals surface area contributed by atoms with Crippen molar-refractivity contribution in [2.24, 2.45) is 5.92 Å². The average Bonchev–Trinajstić information content (AvgIpc) is 2.57. The molecule has 6 heteroatoms. The fourth-order valence-corrected chi connectivity index (χ4v) is 2.90. The number of thiazole rings is 1. The number of aromatic carboxylic acids is 1. The van der Waals surface area contributed by atoms with Gasteiger partial charge in [0.1, 0.15) is 0 Å². The summed E-state index contributed by atoms with van der Waals surface area (Å²) in [7, 11) is 4.07. The van der Waals surface area contributed by atoms with Crippen LogP contribution in [-0.2, 0) is 0 Å². The van der Waals surface area contributed by atoms with Crippen molar-refractivity contribution in [1.82, 2.24) is 9.88 Å². The van der Waals surface area contributed by atoms with Gasteiger partial charge < -0.3 is 15.3 Å². The van der Waals surface area contributed by atoms with E-state index in [1.54, 1.807) is 6.92 Å². The van der Waals surface area contributed by atoms with E-state index in [0.29, 0.717) is 11.0 Å². The van der Waals surface area contributed by atoms with E-state index in [9.17, 15) is 4.79 Å². The quantitative estimate of drug-likeness (QED) is 0.806. The molecule has 1 aromatic heterocycles. The van der Waals surface area contributed by atoms with Crippen molar-refractivity contribution in [2.75, 3.05) is 26.0 Å². The number of likely N-dealkylation sites (N-methyl/N-ethyl adjacent to an activating group) is 1. The highest BCUT2D eigenvalue weighted by molar-refractivity contribution is 7.15. The molecule has 1 aromatic rings. The van der Waals surface area contributed by atoms with Gasteiger partial charge in [0, 0.05) is 17.5 Å². The SMILES string of the molecule is Cc1sc(NC(CC(C)C)CN(C)C)nc1C(=O)O. The lowest BCUT2D eigenvalue weighted by Crippen LogP contribution is -2.33. The van der Waals surface area contributed by atoms with E-state index in [1.165, 1.54) is 11.3 Å². The molecule has 2 N–H and O–H groups in total. The molecule has 0 radical (unpaired) electrons. The van der Waals surface area contributed by atoms with Gasteiger partial charge in [-0.3, -0.25) is 0 Å². The molecule has 0 saturated carbocycles. The van der Waals surface area contributed by atoms with E-state index < -0.39 is 5.97 Å². The smallest absolute Gasteiger partial charge is 0.355 e. The Balaban J connectivity index is 2.77. The van der Waals surface area contributed by atoms with Crippen molar-refractivity contribution in [3.63, 3.8) is 0 Å². The molecular formula is C13H23N3O2S. The van der Waals surface area contributed by atoms with Crippen LogP contribution in [0, 0.1) is 12.8 Å². The van der Waals surface area contributed by atoms with Crippen LogP contribution in [0.5, 0.6) is 0 Å². The van der Waals surface area contributed by atoms with Crippen LogP contribution in [0.25, 0.3) is 0 Å². The molecule has 0 saturated heterocycles. The molecule has 1 atom stereocenters. The molecule has 0 spiro atoms. The molecular weight excluding hydrogens is 262 g/mol. The number of nitrogens with zero attached hydrogens (tertiary/aromatic N) is 2. The van der Waals surface area contributed by atoms with E-state index in [2.05, 4.69) is 29.0 Å². The Morgan fingerprint density at radius 1 is 1.47 bits per heavy atom. The summed E-state index contributed by atoms with van der Waals surface area (Å²) in [5, 5.41) is 13.1. The lowest BCUT2D eigenvalue weighted by molar-refractivity contribution is 0.0690. The molecule has 0 aliphatic rings. The molecule has 1 rings (SSSR count). The molecule has 0 aliphatic heterocycles. The monoisotopic (exact) mass is 285 g/mol. The molecule has 1 unspecified atom stereocenters. The van der Waals surface area contributed by atoms with Gasteiger partial charge in [0.2, 0.25) is 0 Å². The number of aryl methyl sites for hydroxylation is 1. The summed E-state index contributed by atoms with van der Waals surface area (Å²) in [6.45, 7) is 7.05. The molecule has 108 valence electrons. The maximum atomic E-state index is 11.0. The minimum atomic E-state index is -0.963. The lowest BCUT2D eigenvalue weighted by atomic mass is 10.0. The normalized spacial score (nSPS) is 13.0. The number of carbonyl (C=O) groups is 1. The van der Waals surface area contributed by atoms with Crippen molar-refractivity contribution in [2.45, 2.75) is 33.2 Å². The Kier molecular flexibility index (Phi) is 5.75. The van der Waals surface area contributed by atoms with Crippen LogP contribution in [0.15, 0.2) is 0 Å². The molecule has 0 bridgehead atoms. The van der Waals surface area contributed by atoms with Crippen molar-refractivity contribution < 1.29 is 9.90 Å². The van der Waals surface area contributed by atoms with Crippen LogP contribution in [0.2, 0.25) is 0 Å². The van der Waals surface area contributed by atoms with Gasteiger partial charge in [0.05, 0.1) is 0 Å². The minimum absolute atomic E-state index is 0.153. The lowest BCUT2D eigenvalue weighted by Gasteiger charge is -2.23. The summed E-state index contributed by atoms with van der Waals surface area (Å²) in [6, 6.07) is 0.280. The zero-order valence-corrected chi connectivity index (χ0v) is 13.0. The topological polar surface area (TPSA) is 65.5 Å². The highest BCUT2D eigenvalue weighted by Gasteiger charge is 2.17. The van der Waals surface area contributed by atoms with Crippen molar-refractivity contribution in [3.8, 4) is 0 Å². The van der Waals surface area contributed by atoms with Crippen LogP contribution in [0.4, 0.5) is 5.13 Å². The first-order valence-electron chi connectivity index (χ1n) is 6.41. The van der Waals surface area contributed by atoms with Gasteiger partial charge in [-0.1, -0.05) is 13.8 Å². The highest BCUT2D eigenvalue weighted by Crippen LogP contribution is 2.23. The number of anilines is 1. The van der Waals surface area contributed by atoms with Crippen LogP contribution in [0.1, 0.15) is 35.6 Å². The first-order chi connectivity index (χ1) is 8.79. The second kappa shape index (κ2) is 6.86. The van der Waals surface area contributed by atoms with Gasteiger partial charge in [0.15, 0.2) is 10.8 Å². The standard InChI is InChI=1S/C13H23N3O2S/c1-8(2)6-10(7-16(4)5)14-13-15-11(12(17)18)9(3)19-13/h8,10H,6-7H2,1-5H3,(H,14,15)(H,17,18). The fourth-order valence-electron chi connectivity index (χ4n) is 2.02. The van der Waals surface area contributed by atoms with Gasteiger partial charge in [-0.2, -0.15) is 0 Å². The van der Waals surface area contributed by atoms with E-state index in [1.807, 2.05) is 14.1 Å². The summed E-state index contributed by atoms with van der Waals surface area (Å²) in [5.74, 6) is -0.382. The highest BCUT2D eigenvalue weighted by atomic mass is 32.1. The summed E-state index contributed by atoms with van der Waals surface area (Å²) >= 11 is 1.40. The van der Waals surface area contributed by atoms with E-state index in [4.69, 9.17) is 5.11 Å². The minimum Gasteiger partial charge on any atom is -0.476 e. The van der Waals surface area contributed by atoms with Gasteiger partial charge in [-0.05, 0) is 33.4 Å². The summed E-state index contributed by atoms with van der Waals surface area (Å²) in [5.41, 5.74) is 0.153. The van der Waals surface area contributed by atoms with Gasteiger partial charge in [-0.25, -0.2) is 9.78 Å². The number of rotatable bonds is 7. The Labute approximate surface area is 118 Å². The predicted octanol–water partition coefficient (Wildman–Crippen LogP) is 2.54. The third-order valence-electron chi connectivity index (χ3n) is 2.67. The number of hydrogen-bond donors (Lipinski definition) is 2. The second-order valence-electron chi connectivity index (χ2n) is 5.46.